The van der Waals surface area contributed by atoms with Gasteiger partial charge in [-0.25, -0.2) is 4.98 Å². The van der Waals surface area contributed by atoms with E-state index in [1.807, 2.05) is 36.2 Å². The normalized spacial score (nSPS) is 13.8. The molecule has 1 aromatic carbocycles. The third kappa shape index (κ3) is 3.65. The van der Waals surface area contributed by atoms with E-state index < -0.39 is 0 Å². The van der Waals surface area contributed by atoms with Crippen LogP contribution in [0.1, 0.15) is 5.69 Å². The summed E-state index contributed by atoms with van der Waals surface area (Å²) in [6.45, 7) is 3.00. The highest BCUT2D eigenvalue weighted by molar-refractivity contribution is 5.72. The number of benzene rings is 1. The Bertz CT molecular complexity index is 791. The Morgan fingerprint density at radius 3 is 2.35 bits per heavy atom. The molecule has 7 heteroatoms. The smallest absolute Gasteiger partial charge is 0.164 e. The van der Waals surface area contributed by atoms with Crippen molar-refractivity contribution in [2.45, 2.75) is 0 Å². The lowest BCUT2D eigenvalue weighted by molar-refractivity contribution is 0.122. The molecule has 0 N–H and O–H groups in total. The Kier molecular flexibility index (Phi) is 5.44. The minimum atomic E-state index is 0.367. The number of aromatic nitrogens is 1. The molecular weight excluding hydrogens is 332 g/mol. The van der Waals surface area contributed by atoms with Crippen LogP contribution >= 0.6 is 0 Å². The number of nitriles is 1. The quantitative estimate of drug-likeness (QED) is 0.817. The van der Waals surface area contributed by atoms with E-state index >= 15 is 0 Å². The molecule has 0 atom stereocenters. The van der Waals surface area contributed by atoms with Gasteiger partial charge in [0.2, 0.25) is 0 Å². The van der Waals surface area contributed by atoms with Crippen molar-refractivity contribution in [2.75, 3.05) is 57.4 Å². The second-order valence-electron chi connectivity index (χ2n) is 5.90. The molecule has 0 bridgehead atoms. The number of ether oxygens (including phenoxy) is 3. The molecule has 0 saturated carbocycles. The molecule has 7 nitrogen and oxygen atoms in total. The molecule has 2 heterocycles. The first kappa shape index (κ1) is 17.8. The molecule has 0 aliphatic carbocycles. The zero-order chi connectivity index (χ0) is 18.5. The lowest BCUT2D eigenvalue weighted by atomic mass is 10.2. The van der Waals surface area contributed by atoms with Crippen LogP contribution in [0.5, 0.6) is 11.5 Å². The molecule has 1 aliphatic heterocycles. The Morgan fingerprint density at radius 1 is 1.12 bits per heavy atom. The van der Waals surface area contributed by atoms with Crippen molar-refractivity contribution in [2.24, 2.45) is 0 Å². The Labute approximate surface area is 153 Å². The van der Waals surface area contributed by atoms with Crippen LogP contribution in [0.15, 0.2) is 30.5 Å². The fourth-order valence-electron chi connectivity index (χ4n) is 2.90. The fourth-order valence-corrected chi connectivity index (χ4v) is 2.90. The molecule has 0 unspecified atom stereocenters. The molecule has 1 fully saturated rings. The van der Waals surface area contributed by atoms with Gasteiger partial charge in [0.1, 0.15) is 17.6 Å². The number of anilines is 3. The number of methoxy groups -OCH3 is 2. The average Bonchev–Trinajstić information content (AvgIpc) is 2.72. The predicted molar refractivity (Wildman–Crippen MR) is 99.6 cm³/mol. The zero-order valence-electron chi connectivity index (χ0n) is 15.2. The minimum Gasteiger partial charge on any atom is -0.497 e. The van der Waals surface area contributed by atoms with Gasteiger partial charge in [0.15, 0.2) is 5.69 Å². The van der Waals surface area contributed by atoms with Crippen molar-refractivity contribution >= 4 is 17.1 Å². The number of morpholine rings is 1. The molecule has 0 radical (unpaired) electrons. The van der Waals surface area contributed by atoms with Crippen LogP contribution in [-0.2, 0) is 4.74 Å². The van der Waals surface area contributed by atoms with E-state index in [4.69, 9.17) is 14.2 Å². The highest BCUT2D eigenvalue weighted by atomic mass is 16.5. The Balaban J connectivity index is 2.00. The van der Waals surface area contributed by atoms with Crippen molar-refractivity contribution in [1.29, 1.82) is 5.26 Å². The number of rotatable bonds is 5. The largest absolute Gasteiger partial charge is 0.497 e. The van der Waals surface area contributed by atoms with E-state index in [0.717, 1.165) is 30.2 Å². The van der Waals surface area contributed by atoms with Crippen LogP contribution in [0.2, 0.25) is 0 Å². The van der Waals surface area contributed by atoms with E-state index in [9.17, 15) is 5.26 Å². The van der Waals surface area contributed by atoms with Crippen LogP contribution in [0.3, 0.4) is 0 Å². The number of hydrogen-bond acceptors (Lipinski definition) is 7. The molecule has 3 rings (SSSR count). The summed E-state index contributed by atoms with van der Waals surface area (Å²) in [5.41, 5.74) is 2.92. The third-order valence-corrected chi connectivity index (χ3v) is 4.42. The maximum atomic E-state index is 9.49. The Hall–Kier alpha value is -2.98. The van der Waals surface area contributed by atoms with Crippen molar-refractivity contribution in [3.05, 3.63) is 36.2 Å². The summed E-state index contributed by atoms with van der Waals surface area (Å²) in [5.74, 6) is 1.36. The highest BCUT2D eigenvalue weighted by Gasteiger charge is 2.17. The number of hydrogen-bond donors (Lipinski definition) is 0. The second kappa shape index (κ2) is 7.93. The van der Waals surface area contributed by atoms with Crippen LogP contribution in [0.25, 0.3) is 0 Å². The number of nitrogens with zero attached hydrogens (tertiary/aromatic N) is 4. The van der Waals surface area contributed by atoms with Gasteiger partial charge in [-0.3, -0.25) is 0 Å². The van der Waals surface area contributed by atoms with Gasteiger partial charge in [-0.1, -0.05) is 0 Å². The van der Waals surface area contributed by atoms with Crippen LogP contribution in [0.4, 0.5) is 17.1 Å². The summed E-state index contributed by atoms with van der Waals surface area (Å²) < 4.78 is 16.1. The standard InChI is InChI=1S/C19H22N4O3/c1-22(14-8-16(24-2)11-17(9-14)25-3)19-10-15(13-21-18(19)12-20)23-4-6-26-7-5-23/h8-11,13H,4-7H2,1-3H3. The lowest BCUT2D eigenvalue weighted by Crippen LogP contribution is -2.36. The van der Waals surface area contributed by atoms with Gasteiger partial charge in [0.05, 0.1) is 45.0 Å². The average molecular weight is 354 g/mol. The lowest BCUT2D eigenvalue weighted by Gasteiger charge is -2.30. The Morgan fingerprint density at radius 2 is 1.77 bits per heavy atom. The van der Waals surface area contributed by atoms with Crippen molar-refractivity contribution in [3.8, 4) is 17.6 Å². The maximum Gasteiger partial charge on any atom is 0.164 e. The van der Waals surface area contributed by atoms with Gasteiger partial charge in [-0.15, -0.1) is 0 Å². The van der Waals surface area contributed by atoms with Crippen LogP contribution in [0, 0.1) is 11.3 Å². The summed E-state index contributed by atoms with van der Waals surface area (Å²) >= 11 is 0. The number of pyridine rings is 1. The van der Waals surface area contributed by atoms with Gasteiger partial charge < -0.3 is 24.0 Å². The second-order valence-corrected chi connectivity index (χ2v) is 5.90. The van der Waals surface area contributed by atoms with E-state index in [0.29, 0.717) is 30.4 Å². The first-order chi connectivity index (χ1) is 12.7. The first-order valence-corrected chi connectivity index (χ1v) is 8.36. The summed E-state index contributed by atoms with van der Waals surface area (Å²) in [5, 5.41) is 9.49. The minimum absolute atomic E-state index is 0.367. The highest BCUT2D eigenvalue weighted by Crippen LogP contribution is 2.34. The summed E-state index contributed by atoms with van der Waals surface area (Å²) in [4.78, 5) is 8.48. The van der Waals surface area contributed by atoms with Gasteiger partial charge in [0, 0.05) is 44.0 Å². The van der Waals surface area contributed by atoms with Gasteiger partial charge in [-0.05, 0) is 6.07 Å². The summed E-state index contributed by atoms with van der Waals surface area (Å²) in [7, 11) is 5.12. The predicted octanol–water partition coefficient (Wildman–Crippen LogP) is 2.57. The van der Waals surface area contributed by atoms with Gasteiger partial charge in [-0.2, -0.15) is 5.26 Å². The first-order valence-electron chi connectivity index (χ1n) is 8.36. The molecule has 1 aliphatic rings. The molecule has 2 aromatic rings. The van der Waals surface area contributed by atoms with Crippen molar-refractivity contribution in [1.82, 2.24) is 4.98 Å². The van der Waals surface area contributed by atoms with Gasteiger partial charge >= 0.3 is 0 Å². The third-order valence-electron chi connectivity index (χ3n) is 4.42. The van der Waals surface area contributed by atoms with Crippen LogP contribution in [-0.4, -0.2) is 52.6 Å². The zero-order valence-corrected chi connectivity index (χ0v) is 15.2. The van der Waals surface area contributed by atoms with E-state index in [1.54, 1.807) is 20.4 Å². The van der Waals surface area contributed by atoms with E-state index in [-0.39, 0.29) is 0 Å². The molecule has 26 heavy (non-hydrogen) atoms. The summed E-state index contributed by atoms with van der Waals surface area (Å²) in [6.07, 6.45) is 1.74. The maximum absolute atomic E-state index is 9.49. The monoisotopic (exact) mass is 354 g/mol. The van der Waals surface area contributed by atoms with E-state index in [2.05, 4.69) is 16.0 Å². The SMILES string of the molecule is COc1cc(OC)cc(N(C)c2cc(N3CCOCC3)cnc2C#N)c1. The van der Waals surface area contributed by atoms with Crippen molar-refractivity contribution in [3.63, 3.8) is 0 Å². The summed E-state index contributed by atoms with van der Waals surface area (Å²) in [6, 6.07) is 9.76. The topological polar surface area (TPSA) is 70.8 Å². The molecule has 1 aromatic heterocycles. The molecule has 1 saturated heterocycles. The molecular formula is C19H22N4O3. The molecule has 0 spiro atoms. The van der Waals surface area contributed by atoms with Gasteiger partial charge in [0.25, 0.3) is 0 Å². The fraction of sp³-hybridized carbons (Fsp3) is 0.368. The molecule has 0 amide bonds. The van der Waals surface area contributed by atoms with Crippen LogP contribution < -0.4 is 19.3 Å². The molecule has 136 valence electrons. The van der Waals surface area contributed by atoms with Crippen molar-refractivity contribution < 1.29 is 14.2 Å². The van der Waals surface area contributed by atoms with E-state index in [1.165, 1.54) is 0 Å².